The first-order valence-electron chi connectivity index (χ1n) is 5.52. The van der Waals surface area contributed by atoms with Crippen LogP contribution in [0.4, 0.5) is 18.9 Å². The van der Waals surface area contributed by atoms with Gasteiger partial charge in [-0.15, -0.1) is 0 Å². The van der Waals surface area contributed by atoms with Crippen molar-refractivity contribution in [3.05, 3.63) is 23.8 Å². The Labute approximate surface area is 98.0 Å². The van der Waals surface area contributed by atoms with Crippen molar-refractivity contribution in [1.29, 1.82) is 0 Å². The molecule has 0 unspecified atom stereocenters. The van der Waals surface area contributed by atoms with E-state index in [9.17, 15) is 13.2 Å². The number of rotatable bonds is 2. The molecule has 94 valence electrons. The molecule has 2 nitrogen and oxygen atoms in total. The van der Waals surface area contributed by atoms with Crippen LogP contribution in [0.15, 0.2) is 18.2 Å². The van der Waals surface area contributed by atoms with Crippen molar-refractivity contribution >= 4 is 5.69 Å². The van der Waals surface area contributed by atoms with E-state index in [2.05, 4.69) is 0 Å². The minimum absolute atomic E-state index is 0.236. The van der Waals surface area contributed by atoms with E-state index in [-0.39, 0.29) is 11.4 Å². The van der Waals surface area contributed by atoms with Gasteiger partial charge in [-0.25, -0.2) is 0 Å². The number of methoxy groups -OCH3 is 1. The van der Waals surface area contributed by atoms with Crippen LogP contribution in [-0.4, -0.2) is 20.2 Å². The summed E-state index contributed by atoms with van der Waals surface area (Å²) in [4.78, 5) is 1.78. The molecule has 1 saturated heterocycles. The molecule has 0 aromatic heterocycles. The number of anilines is 1. The van der Waals surface area contributed by atoms with Gasteiger partial charge in [0.1, 0.15) is 5.75 Å². The molecule has 1 heterocycles. The Bertz CT molecular complexity index is 397. The second-order valence-electron chi connectivity index (χ2n) is 4.07. The topological polar surface area (TPSA) is 12.5 Å². The Hall–Kier alpha value is -1.39. The minimum Gasteiger partial charge on any atom is -0.497 e. The highest BCUT2D eigenvalue weighted by atomic mass is 19.4. The maximum absolute atomic E-state index is 12.9. The maximum atomic E-state index is 12.9. The SMILES string of the molecule is COc1ccc(N2CCCC2)c(C(F)(F)F)c1. The third-order valence-electron chi connectivity index (χ3n) is 2.96. The molecule has 0 radical (unpaired) electrons. The van der Waals surface area contributed by atoms with Crippen molar-refractivity contribution in [3.63, 3.8) is 0 Å². The van der Waals surface area contributed by atoms with Crippen molar-refractivity contribution in [2.45, 2.75) is 19.0 Å². The molecule has 0 bridgehead atoms. The number of alkyl halides is 3. The van der Waals surface area contributed by atoms with Crippen LogP contribution in [0.5, 0.6) is 5.75 Å². The molecule has 1 aliphatic rings. The fourth-order valence-electron chi connectivity index (χ4n) is 2.10. The highest BCUT2D eigenvalue weighted by Gasteiger charge is 2.35. The fourth-order valence-corrected chi connectivity index (χ4v) is 2.10. The molecule has 5 heteroatoms. The molecule has 17 heavy (non-hydrogen) atoms. The summed E-state index contributed by atoms with van der Waals surface area (Å²) in [7, 11) is 1.37. The van der Waals surface area contributed by atoms with Crippen molar-refractivity contribution in [3.8, 4) is 5.75 Å². The average molecular weight is 245 g/mol. The van der Waals surface area contributed by atoms with E-state index in [1.807, 2.05) is 0 Å². The van der Waals surface area contributed by atoms with Crippen molar-refractivity contribution in [1.82, 2.24) is 0 Å². The Morgan fingerprint density at radius 1 is 1.18 bits per heavy atom. The minimum atomic E-state index is -4.34. The standard InChI is InChI=1S/C12H14F3NO/c1-17-9-4-5-11(16-6-2-3-7-16)10(8-9)12(13,14)15/h4-5,8H,2-3,6-7H2,1H3. The summed E-state index contributed by atoms with van der Waals surface area (Å²) < 4.78 is 43.7. The zero-order valence-electron chi connectivity index (χ0n) is 9.55. The van der Waals surface area contributed by atoms with Crippen molar-refractivity contribution < 1.29 is 17.9 Å². The second kappa shape index (κ2) is 4.47. The molecular weight excluding hydrogens is 231 g/mol. The molecular formula is C12H14F3NO. The molecule has 1 aliphatic heterocycles. The van der Waals surface area contributed by atoms with Gasteiger partial charge in [0.2, 0.25) is 0 Å². The van der Waals surface area contributed by atoms with Crippen LogP contribution < -0.4 is 9.64 Å². The predicted molar refractivity (Wildman–Crippen MR) is 59.4 cm³/mol. The van der Waals surface area contributed by atoms with Gasteiger partial charge in [-0.1, -0.05) is 0 Å². The second-order valence-corrected chi connectivity index (χ2v) is 4.07. The number of nitrogens with zero attached hydrogens (tertiary/aromatic N) is 1. The first-order valence-corrected chi connectivity index (χ1v) is 5.52. The van der Waals surface area contributed by atoms with Crippen LogP contribution in [0, 0.1) is 0 Å². The summed E-state index contributed by atoms with van der Waals surface area (Å²) in [5, 5.41) is 0. The number of ether oxygens (including phenoxy) is 1. The van der Waals surface area contributed by atoms with Gasteiger partial charge in [-0.3, -0.25) is 0 Å². The lowest BCUT2D eigenvalue weighted by Crippen LogP contribution is -2.22. The van der Waals surface area contributed by atoms with Crippen LogP contribution >= 0.6 is 0 Å². The van der Waals surface area contributed by atoms with Gasteiger partial charge >= 0.3 is 6.18 Å². The van der Waals surface area contributed by atoms with Gasteiger partial charge in [0, 0.05) is 18.8 Å². The molecule has 1 fully saturated rings. The van der Waals surface area contributed by atoms with Gasteiger partial charge in [0.05, 0.1) is 12.7 Å². The molecule has 0 aliphatic carbocycles. The summed E-state index contributed by atoms with van der Waals surface area (Å²) in [6.45, 7) is 1.38. The van der Waals surface area contributed by atoms with Gasteiger partial charge in [-0.05, 0) is 31.0 Å². The van der Waals surface area contributed by atoms with Gasteiger partial charge < -0.3 is 9.64 Å². The Morgan fingerprint density at radius 3 is 2.35 bits per heavy atom. The molecule has 2 rings (SSSR count). The maximum Gasteiger partial charge on any atom is 0.418 e. The average Bonchev–Trinajstić information content (AvgIpc) is 2.80. The summed E-state index contributed by atoms with van der Waals surface area (Å²) in [6, 6.07) is 4.13. The first-order chi connectivity index (χ1) is 8.02. The van der Waals surface area contributed by atoms with E-state index in [0.29, 0.717) is 13.1 Å². The molecule has 1 aromatic carbocycles. The summed E-state index contributed by atoms with van der Waals surface area (Å²) in [5.74, 6) is 0.236. The zero-order chi connectivity index (χ0) is 12.5. The summed E-state index contributed by atoms with van der Waals surface area (Å²) in [5.41, 5.74) is -0.352. The van der Waals surface area contributed by atoms with Crippen molar-refractivity contribution in [2.24, 2.45) is 0 Å². The van der Waals surface area contributed by atoms with Crippen molar-refractivity contribution in [2.75, 3.05) is 25.1 Å². The van der Waals surface area contributed by atoms with E-state index < -0.39 is 11.7 Å². The van der Waals surface area contributed by atoms with Crippen LogP contribution in [0.3, 0.4) is 0 Å². The van der Waals surface area contributed by atoms with E-state index in [4.69, 9.17) is 4.74 Å². The van der Waals surface area contributed by atoms with Crippen LogP contribution in [0.2, 0.25) is 0 Å². The first kappa shape index (κ1) is 12.1. The lowest BCUT2D eigenvalue weighted by Gasteiger charge is -2.23. The predicted octanol–water partition coefficient (Wildman–Crippen LogP) is 3.31. The number of benzene rings is 1. The quantitative estimate of drug-likeness (QED) is 0.792. The van der Waals surface area contributed by atoms with Gasteiger partial charge in [0.15, 0.2) is 0 Å². The molecule has 0 spiro atoms. The van der Waals surface area contributed by atoms with E-state index >= 15 is 0 Å². The summed E-state index contributed by atoms with van der Waals surface area (Å²) >= 11 is 0. The zero-order valence-corrected chi connectivity index (χ0v) is 9.55. The van der Waals surface area contributed by atoms with Crippen LogP contribution in [0.1, 0.15) is 18.4 Å². The Kier molecular flexibility index (Phi) is 3.17. The van der Waals surface area contributed by atoms with E-state index in [1.165, 1.54) is 13.2 Å². The molecule has 0 saturated carbocycles. The number of hydrogen-bond donors (Lipinski definition) is 0. The highest BCUT2D eigenvalue weighted by molar-refractivity contribution is 5.58. The fraction of sp³-hybridized carbons (Fsp3) is 0.500. The third kappa shape index (κ3) is 2.48. The van der Waals surface area contributed by atoms with Crippen LogP contribution in [0.25, 0.3) is 0 Å². The Morgan fingerprint density at radius 2 is 1.82 bits per heavy atom. The number of hydrogen-bond acceptors (Lipinski definition) is 2. The third-order valence-corrected chi connectivity index (χ3v) is 2.96. The molecule has 0 N–H and O–H groups in total. The Balaban J connectivity index is 2.42. The smallest absolute Gasteiger partial charge is 0.418 e. The molecule has 0 atom stereocenters. The van der Waals surface area contributed by atoms with Gasteiger partial charge in [-0.2, -0.15) is 13.2 Å². The lowest BCUT2D eigenvalue weighted by molar-refractivity contribution is -0.137. The molecule has 0 amide bonds. The highest BCUT2D eigenvalue weighted by Crippen LogP contribution is 2.39. The number of halogens is 3. The normalized spacial score (nSPS) is 16.4. The van der Waals surface area contributed by atoms with Gasteiger partial charge in [0.25, 0.3) is 0 Å². The largest absolute Gasteiger partial charge is 0.497 e. The monoisotopic (exact) mass is 245 g/mol. The summed E-state index contributed by atoms with van der Waals surface area (Å²) in [6.07, 6.45) is -2.45. The van der Waals surface area contributed by atoms with E-state index in [0.717, 1.165) is 18.9 Å². The van der Waals surface area contributed by atoms with Crippen LogP contribution in [-0.2, 0) is 6.18 Å². The van der Waals surface area contributed by atoms with E-state index in [1.54, 1.807) is 11.0 Å². The molecule has 1 aromatic rings. The lowest BCUT2D eigenvalue weighted by atomic mass is 10.1.